The summed E-state index contributed by atoms with van der Waals surface area (Å²) in [6.45, 7) is 1.30. The summed E-state index contributed by atoms with van der Waals surface area (Å²) in [5.74, 6) is 2.02. The Morgan fingerprint density at radius 3 is 2.67 bits per heavy atom. The zero-order chi connectivity index (χ0) is 20.5. The minimum atomic E-state index is 0.467. The Balaban J connectivity index is 1.49. The second-order valence-corrected chi connectivity index (χ2v) is 8.07. The van der Waals surface area contributed by atoms with Crippen LogP contribution < -0.4 is 16.2 Å². The van der Waals surface area contributed by atoms with Crippen molar-refractivity contribution in [1.29, 1.82) is 0 Å². The lowest BCUT2D eigenvalue weighted by Gasteiger charge is -2.36. The fraction of sp³-hybridized carbons (Fsp3) is 0.240. The van der Waals surface area contributed by atoms with Crippen molar-refractivity contribution < 1.29 is 4.74 Å². The second-order valence-electron chi connectivity index (χ2n) is 8.07. The number of benzene rings is 2. The molecule has 5 heteroatoms. The van der Waals surface area contributed by atoms with Crippen LogP contribution in [0.4, 0.5) is 5.82 Å². The standard InChI is InChI=1S/C25H26N4O/c26-14-18-11-20(12-18)29-15-22(24-23(29)9-10-28-25(24)27)19-7-4-8-21(13-19)30-16-17-5-2-1-3-6-17/h1-10,13,15,18,20H,11-12,14,16,26H2,(H2,27,28). The molecule has 0 radical (unpaired) electrons. The molecule has 4 aromatic rings. The van der Waals surface area contributed by atoms with Gasteiger partial charge in [-0.25, -0.2) is 4.98 Å². The third-order valence-corrected chi connectivity index (χ3v) is 6.10. The van der Waals surface area contributed by atoms with E-state index in [0.29, 0.717) is 24.4 Å². The summed E-state index contributed by atoms with van der Waals surface area (Å²) in [4.78, 5) is 4.35. The molecule has 0 spiro atoms. The number of pyridine rings is 1. The quantitative estimate of drug-likeness (QED) is 0.490. The number of hydrogen-bond acceptors (Lipinski definition) is 4. The van der Waals surface area contributed by atoms with Crippen molar-refractivity contribution in [2.75, 3.05) is 12.3 Å². The molecule has 5 rings (SSSR count). The first-order chi connectivity index (χ1) is 14.7. The molecular weight excluding hydrogens is 372 g/mol. The Labute approximate surface area is 176 Å². The minimum absolute atomic E-state index is 0.467. The molecule has 2 aromatic heterocycles. The van der Waals surface area contributed by atoms with Crippen molar-refractivity contribution >= 4 is 16.7 Å². The van der Waals surface area contributed by atoms with Crippen molar-refractivity contribution in [3.05, 3.63) is 78.6 Å². The van der Waals surface area contributed by atoms with Crippen LogP contribution in [0, 0.1) is 5.92 Å². The SMILES string of the molecule is NCC1CC(n2cc(-c3cccc(OCc4ccccc4)c3)c3c(N)nccc32)C1. The number of hydrogen-bond donors (Lipinski definition) is 2. The lowest BCUT2D eigenvalue weighted by Crippen LogP contribution is -2.31. The zero-order valence-electron chi connectivity index (χ0n) is 16.9. The lowest BCUT2D eigenvalue weighted by atomic mass is 9.80. The summed E-state index contributed by atoms with van der Waals surface area (Å²) < 4.78 is 8.40. The van der Waals surface area contributed by atoms with Crippen LogP contribution in [0.3, 0.4) is 0 Å². The molecule has 1 aliphatic carbocycles. The average Bonchev–Trinajstić information content (AvgIpc) is 3.13. The van der Waals surface area contributed by atoms with E-state index in [-0.39, 0.29) is 0 Å². The number of nitrogens with zero attached hydrogens (tertiary/aromatic N) is 2. The third kappa shape index (κ3) is 3.42. The molecule has 30 heavy (non-hydrogen) atoms. The van der Waals surface area contributed by atoms with Gasteiger partial charge in [0.25, 0.3) is 0 Å². The van der Waals surface area contributed by atoms with Gasteiger partial charge in [0.2, 0.25) is 0 Å². The summed E-state index contributed by atoms with van der Waals surface area (Å²) in [5, 5.41) is 1.01. The van der Waals surface area contributed by atoms with Crippen LogP contribution in [0.2, 0.25) is 0 Å². The van der Waals surface area contributed by atoms with Crippen molar-refractivity contribution in [3.8, 4) is 16.9 Å². The maximum Gasteiger partial charge on any atom is 0.133 e. The van der Waals surface area contributed by atoms with Crippen molar-refractivity contribution in [1.82, 2.24) is 9.55 Å². The number of fused-ring (bicyclic) bond motifs is 1. The molecule has 2 heterocycles. The van der Waals surface area contributed by atoms with Crippen LogP contribution in [0.5, 0.6) is 5.75 Å². The molecule has 0 atom stereocenters. The molecule has 0 saturated heterocycles. The maximum absolute atomic E-state index is 6.32. The summed E-state index contributed by atoms with van der Waals surface area (Å²) in [5.41, 5.74) is 16.6. The highest BCUT2D eigenvalue weighted by Gasteiger charge is 2.31. The van der Waals surface area contributed by atoms with E-state index in [1.807, 2.05) is 30.3 Å². The molecule has 4 N–H and O–H groups in total. The largest absolute Gasteiger partial charge is 0.489 e. The summed E-state index contributed by atoms with van der Waals surface area (Å²) in [6.07, 6.45) is 6.23. The molecule has 152 valence electrons. The zero-order valence-corrected chi connectivity index (χ0v) is 16.9. The van der Waals surface area contributed by atoms with Gasteiger partial charge in [0, 0.05) is 29.4 Å². The molecule has 1 fully saturated rings. The molecule has 2 aromatic carbocycles. The fourth-order valence-electron chi connectivity index (χ4n) is 4.37. The van der Waals surface area contributed by atoms with Gasteiger partial charge in [-0.2, -0.15) is 0 Å². The van der Waals surface area contributed by atoms with E-state index in [9.17, 15) is 0 Å². The highest BCUT2D eigenvalue weighted by Crippen LogP contribution is 2.43. The van der Waals surface area contributed by atoms with E-state index in [2.05, 4.69) is 46.1 Å². The van der Waals surface area contributed by atoms with E-state index in [4.69, 9.17) is 16.2 Å². The van der Waals surface area contributed by atoms with Crippen LogP contribution in [0.1, 0.15) is 24.4 Å². The summed E-state index contributed by atoms with van der Waals surface area (Å²) in [6, 6.07) is 20.9. The van der Waals surface area contributed by atoms with Gasteiger partial charge in [0.15, 0.2) is 0 Å². The van der Waals surface area contributed by atoms with Gasteiger partial charge in [-0.3, -0.25) is 0 Å². The van der Waals surface area contributed by atoms with E-state index in [1.165, 1.54) is 0 Å². The van der Waals surface area contributed by atoms with Gasteiger partial charge in [-0.15, -0.1) is 0 Å². The third-order valence-electron chi connectivity index (χ3n) is 6.10. The van der Waals surface area contributed by atoms with Crippen molar-refractivity contribution in [2.45, 2.75) is 25.5 Å². The Hall–Kier alpha value is -3.31. The molecule has 0 amide bonds. The van der Waals surface area contributed by atoms with Crippen LogP contribution >= 0.6 is 0 Å². The van der Waals surface area contributed by atoms with Crippen LogP contribution in [0.25, 0.3) is 22.0 Å². The molecular formula is C25H26N4O. The van der Waals surface area contributed by atoms with Gasteiger partial charge in [0.05, 0.1) is 5.52 Å². The molecule has 0 bridgehead atoms. The van der Waals surface area contributed by atoms with Crippen molar-refractivity contribution in [3.63, 3.8) is 0 Å². The monoisotopic (exact) mass is 398 g/mol. The minimum Gasteiger partial charge on any atom is -0.489 e. The van der Waals surface area contributed by atoms with Crippen LogP contribution in [-0.4, -0.2) is 16.1 Å². The first-order valence-electron chi connectivity index (χ1n) is 10.4. The number of rotatable bonds is 6. The average molecular weight is 399 g/mol. The highest BCUT2D eigenvalue weighted by molar-refractivity contribution is 6.02. The summed E-state index contributed by atoms with van der Waals surface area (Å²) in [7, 11) is 0. The number of ether oxygens (including phenoxy) is 1. The van der Waals surface area contributed by atoms with Gasteiger partial charge >= 0.3 is 0 Å². The number of anilines is 1. The maximum atomic E-state index is 6.32. The highest BCUT2D eigenvalue weighted by atomic mass is 16.5. The Kier molecular flexibility index (Phi) is 4.89. The molecule has 0 aliphatic heterocycles. The smallest absolute Gasteiger partial charge is 0.133 e. The second kappa shape index (κ2) is 7.84. The Morgan fingerprint density at radius 1 is 1.03 bits per heavy atom. The molecule has 0 unspecified atom stereocenters. The van der Waals surface area contributed by atoms with Gasteiger partial charge in [-0.1, -0.05) is 42.5 Å². The first-order valence-corrected chi connectivity index (χ1v) is 10.4. The van der Waals surface area contributed by atoms with Gasteiger partial charge < -0.3 is 20.8 Å². The number of nitrogen functional groups attached to an aromatic ring is 1. The number of nitrogens with two attached hydrogens (primary N) is 2. The predicted octanol–water partition coefficient (Wildman–Crippen LogP) is 4.77. The first kappa shape index (κ1) is 18.7. The molecule has 1 saturated carbocycles. The predicted molar refractivity (Wildman–Crippen MR) is 121 cm³/mol. The fourth-order valence-corrected chi connectivity index (χ4v) is 4.37. The van der Waals surface area contributed by atoms with E-state index < -0.39 is 0 Å². The normalized spacial score (nSPS) is 18.3. The van der Waals surface area contributed by atoms with Gasteiger partial charge in [0.1, 0.15) is 18.2 Å². The van der Waals surface area contributed by atoms with E-state index >= 15 is 0 Å². The van der Waals surface area contributed by atoms with Crippen LogP contribution in [0.15, 0.2) is 73.1 Å². The van der Waals surface area contributed by atoms with E-state index in [0.717, 1.165) is 52.7 Å². The van der Waals surface area contributed by atoms with Crippen molar-refractivity contribution in [2.24, 2.45) is 11.7 Å². The van der Waals surface area contributed by atoms with Crippen LogP contribution in [-0.2, 0) is 6.61 Å². The molecule has 1 aliphatic rings. The number of aromatic nitrogens is 2. The summed E-state index contributed by atoms with van der Waals surface area (Å²) >= 11 is 0. The van der Waals surface area contributed by atoms with E-state index in [1.54, 1.807) is 6.20 Å². The topological polar surface area (TPSA) is 79.1 Å². The van der Waals surface area contributed by atoms with Gasteiger partial charge in [-0.05, 0) is 54.6 Å². The Morgan fingerprint density at radius 2 is 1.87 bits per heavy atom. The lowest BCUT2D eigenvalue weighted by molar-refractivity contribution is 0.209. The Bertz CT molecular complexity index is 1160. The molecule has 5 nitrogen and oxygen atoms in total.